The van der Waals surface area contributed by atoms with Gasteiger partial charge in [0.15, 0.2) is 0 Å². The van der Waals surface area contributed by atoms with Gasteiger partial charge in [-0.15, -0.1) is 0 Å². The highest BCUT2D eigenvalue weighted by atomic mass is 32.2. The molecule has 0 bridgehead atoms. The Labute approximate surface area is 123 Å². The molecule has 0 fully saturated rings. The lowest BCUT2D eigenvalue weighted by atomic mass is 10.1. The molecule has 4 nitrogen and oxygen atoms in total. The Hall–Kier alpha value is -1.92. The Morgan fingerprint density at radius 3 is 2.38 bits per heavy atom. The van der Waals surface area contributed by atoms with E-state index in [0.717, 1.165) is 11.6 Å². The van der Waals surface area contributed by atoms with E-state index in [2.05, 4.69) is 4.72 Å². The van der Waals surface area contributed by atoms with Crippen LogP contribution in [0, 0.1) is 12.7 Å². The lowest BCUT2D eigenvalue weighted by Gasteiger charge is -2.09. The fourth-order valence-corrected chi connectivity index (χ4v) is 3.01. The molecule has 0 unspecified atom stereocenters. The maximum Gasteiger partial charge on any atom is 0.261 e. The number of benzene rings is 2. The van der Waals surface area contributed by atoms with Crippen molar-refractivity contribution in [1.82, 2.24) is 0 Å². The van der Waals surface area contributed by atoms with Crippen LogP contribution in [0.4, 0.5) is 10.1 Å². The van der Waals surface area contributed by atoms with E-state index < -0.39 is 15.8 Å². The third-order valence-corrected chi connectivity index (χ3v) is 4.43. The minimum atomic E-state index is -3.74. The second-order valence-electron chi connectivity index (χ2n) is 4.69. The van der Waals surface area contributed by atoms with Crippen molar-refractivity contribution < 1.29 is 17.9 Å². The number of aliphatic hydroxyl groups is 1. The van der Waals surface area contributed by atoms with Crippen LogP contribution in [0.1, 0.15) is 11.1 Å². The van der Waals surface area contributed by atoms with Crippen LogP contribution in [0.3, 0.4) is 0 Å². The number of rotatable bonds is 5. The Kier molecular flexibility index (Phi) is 4.59. The summed E-state index contributed by atoms with van der Waals surface area (Å²) < 4.78 is 40.0. The van der Waals surface area contributed by atoms with Gasteiger partial charge in [-0.2, -0.15) is 0 Å². The lowest BCUT2D eigenvalue weighted by molar-refractivity contribution is 0.299. The van der Waals surface area contributed by atoms with Gasteiger partial charge in [-0.3, -0.25) is 4.72 Å². The van der Waals surface area contributed by atoms with Gasteiger partial charge >= 0.3 is 0 Å². The summed E-state index contributed by atoms with van der Waals surface area (Å²) in [6.07, 6.45) is 0.518. The number of hydrogen-bond donors (Lipinski definition) is 2. The highest BCUT2D eigenvalue weighted by molar-refractivity contribution is 7.92. The topological polar surface area (TPSA) is 66.4 Å². The van der Waals surface area contributed by atoms with Gasteiger partial charge in [0, 0.05) is 12.3 Å². The molecule has 0 saturated heterocycles. The zero-order chi connectivity index (χ0) is 15.5. The second kappa shape index (κ2) is 6.24. The first kappa shape index (κ1) is 15.5. The van der Waals surface area contributed by atoms with Crippen molar-refractivity contribution in [2.45, 2.75) is 18.2 Å². The normalized spacial score (nSPS) is 11.4. The number of anilines is 1. The molecule has 2 N–H and O–H groups in total. The van der Waals surface area contributed by atoms with Crippen molar-refractivity contribution in [3.8, 4) is 0 Å². The highest BCUT2D eigenvalue weighted by Gasteiger charge is 2.15. The van der Waals surface area contributed by atoms with Crippen LogP contribution in [-0.2, 0) is 16.4 Å². The lowest BCUT2D eigenvalue weighted by Crippen LogP contribution is -2.13. The van der Waals surface area contributed by atoms with Crippen molar-refractivity contribution in [3.05, 3.63) is 59.4 Å². The first-order chi connectivity index (χ1) is 9.92. The van der Waals surface area contributed by atoms with Gasteiger partial charge < -0.3 is 5.11 Å². The molecule has 2 aromatic carbocycles. The molecule has 0 atom stereocenters. The smallest absolute Gasteiger partial charge is 0.261 e. The summed E-state index contributed by atoms with van der Waals surface area (Å²) in [5.74, 6) is -0.442. The van der Waals surface area contributed by atoms with Crippen LogP contribution in [-0.4, -0.2) is 20.1 Å². The van der Waals surface area contributed by atoms with Crippen molar-refractivity contribution in [2.75, 3.05) is 11.3 Å². The Morgan fingerprint density at radius 2 is 1.81 bits per heavy atom. The zero-order valence-electron chi connectivity index (χ0n) is 11.5. The molecule has 0 saturated carbocycles. The number of nitrogens with one attached hydrogen (secondary N) is 1. The Bertz CT molecular complexity index is 727. The summed E-state index contributed by atoms with van der Waals surface area (Å²) in [5, 5.41) is 8.83. The fourth-order valence-electron chi connectivity index (χ4n) is 1.87. The van der Waals surface area contributed by atoms with E-state index in [1.54, 1.807) is 24.3 Å². The monoisotopic (exact) mass is 309 g/mol. The van der Waals surface area contributed by atoms with Crippen LogP contribution < -0.4 is 4.72 Å². The Balaban J connectivity index is 2.22. The quantitative estimate of drug-likeness (QED) is 0.891. The van der Waals surface area contributed by atoms with E-state index in [-0.39, 0.29) is 17.1 Å². The number of sulfonamides is 1. The van der Waals surface area contributed by atoms with Gasteiger partial charge in [0.25, 0.3) is 10.0 Å². The average Bonchev–Trinajstić information content (AvgIpc) is 2.44. The van der Waals surface area contributed by atoms with Crippen molar-refractivity contribution in [3.63, 3.8) is 0 Å². The number of aryl methyl sites for hydroxylation is 1. The standard InChI is InChI=1S/C15H16FNO3S/c1-11-10-14(6-7-15(11)16)21(19,20)17-13-4-2-12(3-5-13)8-9-18/h2-7,10,17-18H,8-9H2,1H3. The first-order valence-corrected chi connectivity index (χ1v) is 7.89. The molecular weight excluding hydrogens is 293 g/mol. The highest BCUT2D eigenvalue weighted by Crippen LogP contribution is 2.19. The molecule has 0 amide bonds. The van der Waals surface area contributed by atoms with E-state index in [1.807, 2.05) is 0 Å². The summed E-state index contributed by atoms with van der Waals surface area (Å²) in [4.78, 5) is 0.0147. The molecule has 112 valence electrons. The molecule has 0 aliphatic rings. The van der Waals surface area contributed by atoms with Gasteiger partial charge in [0.1, 0.15) is 5.82 Å². The molecular formula is C15H16FNO3S. The predicted octanol–water partition coefficient (Wildman–Crippen LogP) is 2.47. The second-order valence-corrected chi connectivity index (χ2v) is 6.37. The Morgan fingerprint density at radius 1 is 1.14 bits per heavy atom. The van der Waals surface area contributed by atoms with Gasteiger partial charge in [0.2, 0.25) is 0 Å². The largest absolute Gasteiger partial charge is 0.396 e. The van der Waals surface area contributed by atoms with Crippen LogP contribution in [0.2, 0.25) is 0 Å². The maximum absolute atomic E-state index is 13.2. The summed E-state index contributed by atoms with van der Waals surface area (Å²) in [6, 6.07) is 10.4. The zero-order valence-corrected chi connectivity index (χ0v) is 12.3. The maximum atomic E-state index is 13.2. The summed E-state index contributed by atoms with van der Waals surface area (Å²) in [7, 11) is -3.74. The molecule has 0 spiro atoms. The van der Waals surface area contributed by atoms with Gasteiger partial charge in [-0.05, 0) is 54.8 Å². The summed E-state index contributed by atoms with van der Waals surface area (Å²) in [6.45, 7) is 1.55. The predicted molar refractivity (Wildman–Crippen MR) is 79.2 cm³/mol. The van der Waals surface area contributed by atoms with Crippen LogP contribution in [0.5, 0.6) is 0 Å². The fraction of sp³-hybridized carbons (Fsp3) is 0.200. The van der Waals surface area contributed by atoms with Gasteiger partial charge in [-0.25, -0.2) is 12.8 Å². The third kappa shape index (κ3) is 3.80. The van der Waals surface area contributed by atoms with Crippen LogP contribution in [0.25, 0.3) is 0 Å². The molecule has 6 heteroatoms. The van der Waals surface area contributed by atoms with E-state index in [1.165, 1.54) is 19.1 Å². The minimum absolute atomic E-state index is 0.0147. The minimum Gasteiger partial charge on any atom is -0.396 e. The molecule has 0 aromatic heterocycles. The summed E-state index contributed by atoms with van der Waals surface area (Å²) >= 11 is 0. The molecule has 0 radical (unpaired) electrons. The average molecular weight is 309 g/mol. The molecule has 0 aliphatic heterocycles. The first-order valence-electron chi connectivity index (χ1n) is 6.41. The van der Waals surface area contributed by atoms with Gasteiger partial charge in [0.05, 0.1) is 4.90 Å². The number of halogens is 1. The molecule has 2 rings (SSSR count). The van der Waals surface area contributed by atoms with Crippen molar-refractivity contribution in [1.29, 1.82) is 0 Å². The van der Waals surface area contributed by atoms with Crippen molar-refractivity contribution >= 4 is 15.7 Å². The van der Waals surface area contributed by atoms with Crippen LogP contribution >= 0.6 is 0 Å². The number of hydrogen-bond acceptors (Lipinski definition) is 3. The summed E-state index contributed by atoms with van der Waals surface area (Å²) in [5.41, 5.74) is 1.60. The molecule has 0 heterocycles. The molecule has 21 heavy (non-hydrogen) atoms. The SMILES string of the molecule is Cc1cc(S(=O)(=O)Nc2ccc(CCO)cc2)ccc1F. The van der Waals surface area contributed by atoms with Crippen molar-refractivity contribution in [2.24, 2.45) is 0 Å². The molecule has 2 aromatic rings. The molecule has 0 aliphatic carbocycles. The van der Waals surface area contributed by atoms with Crippen LogP contribution in [0.15, 0.2) is 47.4 Å². The van der Waals surface area contributed by atoms with E-state index >= 15 is 0 Å². The van der Waals surface area contributed by atoms with Gasteiger partial charge in [-0.1, -0.05) is 12.1 Å². The van der Waals surface area contributed by atoms with E-state index in [4.69, 9.17) is 5.11 Å². The third-order valence-electron chi connectivity index (χ3n) is 3.05. The van der Waals surface area contributed by atoms with E-state index in [0.29, 0.717) is 12.1 Å². The number of aliphatic hydroxyl groups excluding tert-OH is 1. The van der Waals surface area contributed by atoms with E-state index in [9.17, 15) is 12.8 Å².